The molecule has 4 saturated heterocycles. The van der Waals surface area contributed by atoms with E-state index in [-0.39, 0.29) is 0 Å². The van der Waals surface area contributed by atoms with Crippen LogP contribution in [0.3, 0.4) is 0 Å². The lowest BCUT2D eigenvalue weighted by atomic mass is 9.78. The van der Waals surface area contributed by atoms with Gasteiger partial charge < -0.3 is 5.73 Å². The summed E-state index contributed by atoms with van der Waals surface area (Å²) in [4.78, 5) is 5.09. The molecule has 0 aliphatic carbocycles. The molecule has 4 heterocycles. The second-order valence-corrected chi connectivity index (χ2v) is 4.31. The molecule has 11 heavy (non-hydrogen) atoms. The van der Waals surface area contributed by atoms with Gasteiger partial charge in [0.1, 0.15) is 0 Å². The molecule has 4 bridgehead atoms. The standard InChI is InChI=1S/C8H15N3/c9-8-6-1-10-3-7(8)4-11(2-6)5-10/h6-8H,1-5,9H2. The molecule has 2 N–H and O–H groups in total. The third-order valence-corrected chi connectivity index (χ3v) is 3.46. The topological polar surface area (TPSA) is 32.5 Å². The quantitative estimate of drug-likeness (QED) is 0.492. The van der Waals surface area contributed by atoms with Crippen LogP contribution in [0.4, 0.5) is 0 Å². The lowest BCUT2D eigenvalue weighted by molar-refractivity contribution is -0.0814. The van der Waals surface area contributed by atoms with E-state index in [4.69, 9.17) is 5.73 Å². The van der Waals surface area contributed by atoms with Crippen molar-refractivity contribution in [2.45, 2.75) is 6.04 Å². The fourth-order valence-corrected chi connectivity index (χ4v) is 2.98. The second-order valence-electron chi connectivity index (χ2n) is 4.31. The van der Waals surface area contributed by atoms with Gasteiger partial charge in [-0.3, -0.25) is 9.80 Å². The second kappa shape index (κ2) is 1.97. The maximum atomic E-state index is 6.11. The molecular formula is C8H15N3. The van der Waals surface area contributed by atoms with Gasteiger partial charge in [0.15, 0.2) is 0 Å². The van der Waals surface area contributed by atoms with Crippen molar-refractivity contribution in [3.8, 4) is 0 Å². The van der Waals surface area contributed by atoms with Crippen molar-refractivity contribution in [2.75, 3.05) is 32.8 Å². The smallest absolute Gasteiger partial charge is 0.0506 e. The van der Waals surface area contributed by atoms with Crippen LogP contribution in [0, 0.1) is 11.8 Å². The van der Waals surface area contributed by atoms with Gasteiger partial charge in [-0.25, -0.2) is 0 Å². The maximum absolute atomic E-state index is 6.11. The molecule has 0 aromatic carbocycles. The molecule has 4 aliphatic rings. The van der Waals surface area contributed by atoms with Crippen molar-refractivity contribution in [1.29, 1.82) is 0 Å². The summed E-state index contributed by atoms with van der Waals surface area (Å²) in [5.41, 5.74) is 6.11. The first kappa shape index (κ1) is 6.40. The van der Waals surface area contributed by atoms with Crippen LogP contribution < -0.4 is 5.73 Å². The Hall–Kier alpha value is -0.120. The average molecular weight is 153 g/mol. The zero-order chi connectivity index (χ0) is 7.42. The summed E-state index contributed by atoms with van der Waals surface area (Å²) in [5, 5.41) is 0. The Kier molecular flexibility index (Phi) is 1.15. The van der Waals surface area contributed by atoms with Crippen LogP contribution in [-0.4, -0.2) is 48.7 Å². The highest BCUT2D eigenvalue weighted by atomic mass is 15.4. The van der Waals surface area contributed by atoms with Crippen LogP contribution in [0.2, 0.25) is 0 Å². The first-order valence-corrected chi connectivity index (χ1v) is 4.53. The Morgan fingerprint density at radius 2 is 1.36 bits per heavy atom. The van der Waals surface area contributed by atoms with Gasteiger partial charge in [-0.1, -0.05) is 0 Å². The Balaban J connectivity index is 1.91. The van der Waals surface area contributed by atoms with E-state index in [1.165, 1.54) is 32.8 Å². The molecule has 3 heteroatoms. The first-order chi connectivity index (χ1) is 5.33. The fourth-order valence-electron chi connectivity index (χ4n) is 2.98. The lowest BCUT2D eigenvalue weighted by Gasteiger charge is -2.56. The van der Waals surface area contributed by atoms with E-state index in [0.29, 0.717) is 6.04 Å². The molecular weight excluding hydrogens is 138 g/mol. The molecule has 4 fully saturated rings. The molecule has 0 radical (unpaired) electrons. The molecule has 0 atom stereocenters. The lowest BCUT2D eigenvalue weighted by Crippen LogP contribution is -2.69. The number of nitrogens with zero attached hydrogens (tertiary/aromatic N) is 2. The number of hydrogen-bond acceptors (Lipinski definition) is 3. The largest absolute Gasteiger partial charge is 0.327 e. The molecule has 0 spiro atoms. The Labute approximate surface area is 67.1 Å². The first-order valence-electron chi connectivity index (χ1n) is 4.53. The Bertz CT molecular complexity index is 152. The van der Waals surface area contributed by atoms with Crippen LogP contribution >= 0.6 is 0 Å². The highest BCUT2D eigenvalue weighted by Gasteiger charge is 2.44. The third kappa shape index (κ3) is 0.789. The van der Waals surface area contributed by atoms with Crippen molar-refractivity contribution < 1.29 is 0 Å². The van der Waals surface area contributed by atoms with Crippen molar-refractivity contribution in [3.05, 3.63) is 0 Å². The van der Waals surface area contributed by atoms with Gasteiger partial charge in [0.25, 0.3) is 0 Å². The van der Waals surface area contributed by atoms with E-state index in [1.54, 1.807) is 0 Å². The van der Waals surface area contributed by atoms with E-state index in [2.05, 4.69) is 9.80 Å². The van der Waals surface area contributed by atoms with Gasteiger partial charge in [-0.2, -0.15) is 0 Å². The van der Waals surface area contributed by atoms with Gasteiger partial charge in [0.2, 0.25) is 0 Å². The summed E-state index contributed by atoms with van der Waals surface area (Å²) in [7, 11) is 0. The van der Waals surface area contributed by atoms with Crippen molar-refractivity contribution >= 4 is 0 Å². The highest BCUT2D eigenvalue weighted by molar-refractivity contribution is 4.99. The number of hydrogen-bond donors (Lipinski definition) is 1. The van der Waals surface area contributed by atoms with Crippen LogP contribution in [0.1, 0.15) is 0 Å². The Morgan fingerprint density at radius 1 is 0.909 bits per heavy atom. The molecule has 0 unspecified atom stereocenters. The molecule has 4 aliphatic heterocycles. The predicted octanol–water partition coefficient (Wildman–Crippen LogP) is -0.852. The normalized spacial score (nSPS) is 60.3. The molecule has 62 valence electrons. The van der Waals surface area contributed by atoms with E-state index < -0.39 is 0 Å². The fraction of sp³-hybridized carbons (Fsp3) is 1.00. The molecule has 4 rings (SSSR count). The highest BCUT2D eigenvalue weighted by Crippen LogP contribution is 2.32. The van der Waals surface area contributed by atoms with Crippen LogP contribution in [0.25, 0.3) is 0 Å². The summed E-state index contributed by atoms with van der Waals surface area (Å²) in [6, 6.07) is 0.503. The summed E-state index contributed by atoms with van der Waals surface area (Å²) in [6.07, 6.45) is 0. The molecule has 0 amide bonds. The van der Waals surface area contributed by atoms with Crippen LogP contribution in [0.15, 0.2) is 0 Å². The summed E-state index contributed by atoms with van der Waals surface area (Å²) >= 11 is 0. The van der Waals surface area contributed by atoms with Crippen molar-refractivity contribution in [1.82, 2.24) is 9.80 Å². The average Bonchev–Trinajstić information content (AvgIpc) is 1.98. The minimum Gasteiger partial charge on any atom is -0.327 e. The summed E-state index contributed by atoms with van der Waals surface area (Å²) < 4.78 is 0. The van der Waals surface area contributed by atoms with Gasteiger partial charge >= 0.3 is 0 Å². The van der Waals surface area contributed by atoms with Crippen molar-refractivity contribution in [3.63, 3.8) is 0 Å². The number of piperidine rings is 2. The van der Waals surface area contributed by atoms with E-state index in [1.807, 2.05) is 0 Å². The minimum atomic E-state index is 0.503. The molecule has 0 aromatic rings. The van der Waals surface area contributed by atoms with Gasteiger partial charge in [0, 0.05) is 32.2 Å². The zero-order valence-corrected chi connectivity index (χ0v) is 6.74. The maximum Gasteiger partial charge on any atom is 0.0506 e. The van der Waals surface area contributed by atoms with Crippen molar-refractivity contribution in [2.24, 2.45) is 17.6 Å². The van der Waals surface area contributed by atoms with E-state index >= 15 is 0 Å². The van der Waals surface area contributed by atoms with Gasteiger partial charge in [-0.15, -0.1) is 0 Å². The molecule has 3 nitrogen and oxygen atoms in total. The van der Waals surface area contributed by atoms with E-state index in [0.717, 1.165) is 11.8 Å². The summed E-state index contributed by atoms with van der Waals surface area (Å²) in [6.45, 7) is 6.24. The third-order valence-electron chi connectivity index (χ3n) is 3.46. The minimum absolute atomic E-state index is 0.503. The Morgan fingerprint density at radius 3 is 1.82 bits per heavy atom. The molecule has 0 aromatic heterocycles. The molecule has 0 saturated carbocycles. The van der Waals surface area contributed by atoms with Gasteiger partial charge in [-0.05, 0) is 11.8 Å². The summed E-state index contributed by atoms with van der Waals surface area (Å²) in [5.74, 6) is 1.55. The van der Waals surface area contributed by atoms with Crippen LogP contribution in [0.5, 0.6) is 0 Å². The number of rotatable bonds is 0. The van der Waals surface area contributed by atoms with Crippen LogP contribution in [-0.2, 0) is 0 Å². The van der Waals surface area contributed by atoms with Gasteiger partial charge in [0.05, 0.1) is 6.67 Å². The predicted molar refractivity (Wildman–Crippen MR) is 43.0 cm³/mol. The SMILES string of the molecule is NC1C2CN3CC1CN(C2)C3. The van der Waals surface area contributed by atoms with E-state index in [9.17, 15) is 0 Å². The zero-order valence-electron chi connectivity index (χ0n) is 6.74. The monoisotopic (exact) mass is 153 g/mol. The number of nitrogens with two attached hydrogens (primary N) is 1.